The van der Waals surface area contributed by atoms with Gasteiger partial charge in [-0.25, -0.2) is 0 Å². The molecule has 2 N–H and O–H groups in total. The molecule has 7 nitrogen and oxygen atoms in total. The second-order valence-electron chi connectivity index (χ2n) is 6.28. The smallest absolute Gasteiger partial charge is 0.217 e. The van der Waals surface area contributed by atoms with Crippen LogP contribution in [0.15, 0.2) is 0 Å². The number of rotatable bonds is 5. The number of hydrogen-bond donors (Lipinski definition) is 2. The molecule has 0 aromatic heterocycles. The van der Waals surface area contributed by atoms with Gasteiger partial charge in [-0.1, -0.05) is 13.3 Å². The molecule has 0 spiro atoms. The Morgan fingerprint density at radius 3 is 2.82 bits per heavy atom. The van der Waals surface area contributed by atoms with Gasteiger partial charge in [-0.15, -0.1) is 0 Å². The summed E-state index contributed by atoms with van der Waals surface area (Å²) in [7, 11) is 0. The van der Waals surface area contributed by atoms with Gasteiger partial charge >= 0.3 is 0 Å². The normalized spacial score (nSPS) is 37.4. The maximum absolute atomic E-state index is 11.4. The summed E-state index contributed by atoms with van der Waals surface area (Å²) >= 11 is 0. The molecule has 0 aliphatic carbocycles. The lowest BCUT2D eigenvalue weighted by molar-refractivity contribution is -0.368. The van der Waals surface area contributed by atoms with E-state index in [4.69, 9.17) is 18.9 Å². The zero-order valence-corrected chi connectivity index (χ0v) is 13.7. The number of unbranched alkanes of at least 4 members (excludes halogenated alkanes) is 1. The molecular weight excluding hydrogens is 290 g/mol. The third kappa shape index (κ3) is 4.17. The Hall–Kier alpha value is -0.730. The fourth-order valence-corrected chi connectivity index (χ4v) is 2.72. The highest BCUT2D eigenvalue weighted by Gasteiger charge is 2.51. The van der Waals surface area contributed by atoms with Gasteiger partial charge in [-0.05, 0) is 20.3 Å². The molecular formula is C15H27NO6. The predicted molar refractivity (Wildman–Crippen MR) is 78.0 cm³/mol. The van der Waals surface area contributed by atoms with Crippen molar-refractivity contribution in [3.63, 3.8) is 0 Å². The molecule has 2 fully saturated rings. The molecule has 0 aromatic carbocycles. The van der Waals surface area contributed by atoms with Crippen molar-refractivity contribution in [1.82, 2.24) is 5.32 Å². The monoisotopic (exact) mass is 317 g/mol. The molecule has 1 amide bonds. The number of fused-ring (bicyclic) bond motifs is 1. The van der Waals surface area contributed by atoms with Crippen LogP contribution in [0.2, 0.25) is 0 Å². The third-order valence-corrected chi connectivity index (χ3v) is 3.84. The van der Waals surface area contributed by atoms with Crippen molar-refractivity contribution in [2.75, 3.05) is 13.2 Å². The number of carbonyl (C=O) groups is 1. The number of amides is 1. The lowest BCUT2D eigenvalue weighted by Crippen LogP contribution is -2.68. The first-order valence-electron chi connectivity index (χ1n) is 7.88. The van der Waals surface area contributed by atoms with E-state index in [0.717, 1.165) is 12.8 Å². The van der Waals surface area contributed by atoms with Crippen LogP contribution in [0, 0.1) is 0 Å². The van der Waals surface area contributed by atoms with Gasteiger partial charge in [0.05, 0.1) is 6.61 Å². The van der Waals surface area contributed by atoms with Crippen molar-refractivity contribution >= 4 is 5.91 Å². The minimum Gasteiger partial charge on any atom is -0.388 e. The summed E-state index contributed by atoms with van der Waals surface area (Å²) in [6, 6.07) is -0.662. The van der Waals surface area contributed by atoms with Crippen LogP contribution >= 0.6 is 0 Å². The second kappa shape index (κ2) is 7.23. The van der Waals surface area contributed by atoms with E-state index in [-0.39, 0.29) is 5.91 Å². The minimum absolute atomic E-state index is 0.249. The average molecular weight is 317 g/mol. The standard InChI is InChI=1S/C15H27NO6/c1-5-6-7-19-14-11(16-9(2)17)12(18)13-10(21-14)8-20-15(3,4)22-13/h10-14,18H,5-8H2,1-4H3,(H,16,17)/t10?,11?,12-,13-,14+/m1/s1. The van der Waals surface area contributed by atoms with Gasteiger partial charge in [0, 0.05) is 13.5 Å². The van der Waals surface area contributed by atoms with Crippen LogP contribution in [0.5, 0.6) is 0 Å². The quantitative estimate of drug-likeness (QED) is 0.720. The van der Waals surface area contributed by atoms with E-state index in [9.17, 15) is 9.90 Å². The Kier molecular flexibility index (Phi) is 5.79. The minimum atomic E-state index is -0.919. The molecule has 7 heteroatoms. The molecule has 0 saturated carbocycles. The number of aliphatic hydroxyl groups excluding tert-OH is 1. The van der Waals surface area contributed by atoms with E-state index >= 15 is 0 Å². The fraction of sp³-hybridized carbons (Fsp3) is 0.933. The van der Waals surface area contributed by atoms with Gasteiger partial charge < -0.3 is 29.4 Å². The van der Waals surface area contributed by atoms with Crippen molar-refractivity contribution in [3.8, 4) is 0 Å². The number of ether oxygens (including phenoxy) is 4. The molecule has 5 atom stereocenters. The van der Waals surface area contributed by atoms with E-state index in [0.29, 0.717) is 13.2 Å². The van der Waals surface area contributed by atoms with Crippen LogP contribution < -0.4 is 5.32 Å². The molecule has 0 aromatic rings. The lowest BCUT2D eigenvalue weighted by atomic mass is 9.95. The topological polar surface area (TPSA) is 86.2 Å². The molecule has 2 heterocycles. The Bertz CT molecular complexity index is 388. The van der Waals surface area contributed by atoms with Crippen LogP contribution in [-0.4, -0.2) is 60.7 Å². The Morgan fingerprint density at radius 2 is 2.18 bits per heavy atom. The summed E-state index contributed by atoms with van der Waals surface area (Å²) in [5.41, 5.74) is 0. The van der Waals surface area contributed by atoms with Gasteiger partial charge in [-0.3, -0.25) is 4.79 Å². The van der Waals surface area contributed by atoms with E-state index in [1.807, 2.05) is 0 Å². The van der Waals surface area contributed by atoms with Crippen molar-refractivity contribution in [2.24, 2.45) is 0 Å². The Labute approximate surface area is 131 Å². The highest BCUT2D eigenvalue weighted by atomic mass is 16.8. The molecule has 0 radical (unpaired) electrons. The van der Waals surface area contributed by atoms with Crippen LogP contribution in [0.3, 0.4) is 0 Å². The summed E-state index contributed by atoms with van der Waals surface area (Å²) in [6.45, 7) is 7.85. The molecule has 2 saturated heterocycles. The average Bonchev–Trinajstić information content (AvgIpc) is 2.43. The van der Waals surface area contributed by atoms with Gasteiger partial charge in [-0.2, -0.15) is 0 Å². The Balaban J connectivity index is 2.09. The van der Waals surface area contributed by atoms with Crippen molar-refractivity contribution in [1.29, 1.82) is 0 Å². The van der Waals surface area contributed by atoms with Gasteiger partial charge in [0.15, 0.2) is 12.1 Å². The third-order valence-electron chi connectivity index (χ3n) is 3.84. The first-order chi connectivity index (χ1) is 10.3. The number of nitrogens with one attached hydrogen (secondary N) is 1. The second-order valence-corrected chi connectivity index (χ2v) is 6.28. The zero-order chi connectivity index (χ0) is 16.3. The number of hydrogen-bond acceptors (Lipinski definition) is 6. The van der Waals surface area contributed by atoms with E-state index in [2.05, 4.69) is 12.2 Å². The summed E-state index contributed by atoms with van der Waals surface area (Å²) in [5, 5.41) is 13.3. The molecule has 22 heavy (non-hydrogen) atoms. The Morgan fingerprint density at radius 1 is 1.45 bits per heavy atom. The summed E-state index contributed by atoms with van der Waals surface area (Å²) < 4.78 is 22.9. The fourth-order valence-electron chi connectivity index (χ4n) is 2.72. The van der Waals surface area contributed by atoms with Gasteiger partial charge in [0.1, 0.15) is 24.4 Å². The largest absolute Gasteiger partial charge is 0.388 e. The highest BCUT2D eigenvalue weighted by molar-refractivity contribution is 5.73. The SMILES string of the molecule is CCCCO[C@H]1OC2COC(C)(C)O[C@H]2[C@H](O)C1NC(C)=O. The maximum Gasteiger partial charge on any atom is 0.217 e. The predicted octanol–water partition coefficient (Wildman–Crippen LogP) is 0.545. The van der Waals surface area contributed by atoms with Crippen LogP contribution in [0.25, 0.3) is 0 Å². The van der Waals surface area contributed by atoms with Crippen LogP contribution in [0.4, 0.5) is 0 Å². The van der Waals surface area contributed by atoms with Crippen molar-refractivity contribution in [2.45, 2.75) is 77.0 Å². The molecule has 0 bridgehead atoms. The molecule has 2 aliphatic rings. The zero-order valence-electron chi connectivity index (χ0n) is 13.7. The van der Waals surface area contributed by atoms with Crippen molar-refractivity contribution < 1.29 is 28.8 Å². The number of carbonyl (C=O) groups excluding carboxylic acids is 1. The molecule has 2 rings (SSSR count). The van der Waals surface area contributed by atoms with Gasteiger partial charge in [0.2, 0.25) is 5.91 Å². The van der Waals surface area contributed by atoms with E-state index < -0.39 is 36.4 Å². The summed E-state index contributed by atoms with van der Waals surface area (Å²) in [4.78, 5) is 11.4. The number of aliphatic hydroxyl groups is 1. The molecule has 128 valence electrons. The van der Waals surface area contributed by atoms with E-state index in [1.165, 1.54) is 6.92 Å². The first-order valence-corrected chi connectivity index (χ1v) is 7.88. The molecule has 2 aliphatic heterocycles. The van der Waals surface area contributed by atoms with Crippen molar-refractivity contribution in [3.05, 3.63) is 0 Å². The lowest BCUT2D eigenvalue weighted by Gasteiger charge is -2.49. The van der Waals surface area contributed by atoms with E-state index in [1.54, 1.807) is 13.8 Å². The highest BCUT2D eigenvalue weighted by Crippen LogP contribution is 2.32. The van der Waals surface area contributed by atoms with Gasteiger partial charge in [0.25, 0.3) is 0 Å². The van der Waals surface area contributed by atoms with Crippen LogP contribution in [-0.2, 0) is 23.7 Å². The first kappa shape index (κ1) is 17.6. The summed E-state index contributed by atoms with van der Waals surface area (Å²) in [5.74, 6) is -1.04. The maximum atomic E-state index is 11.4. The summed E-state index contributed by atoms with van der Waals surface area (Å²) in [6.07, 6.45) is -0.729. The molecule has 2 unspecified atom stereocenters. The van der Waals surface area contributed by atoms with Crippen LogP contribution in [0.1, 0.15) is 40.5 Å².